The highest BCUT2D eigenvalue weighted by Gasteiger charge is 2.17. The minimum absolute atomic E-state index is 0.0362. The Morgan fingerprint density at radius 3 is 2.29 bits per heavy atom. The first-order valence-electron chi connectivity index (χ1n) is 5.32. The predicted molar refractivity (Wildman–Crippen MR) is 94.3 cm³/mol. The summed E-state index contributed by atoms with van der Waals surface area (Å²) < 4.78 is 8.60. The summed E-state index contributed by atoms with van der Waals surface area (Å²) in [5, 5.41) is 0. The number of ether oxygens (including phenoxy) is 1. The van der Waals surface area contributed by atoms with Crippen LogP contribution >= 0.6 is 67.8 Å². The number of rotatable bonds is 4. The molecule has 0 aliphatic heterocycles. The molecular formula is C12H13I3O2. The molecule has 0 saturated heterocycles. The van der Waals surface area contributed by atoms with Gasteiger partial charge in [-0.1, -0.05) is 20.3 Å². The van der Waals surface area contributed by atoms with Gasteiger partial charge in [0.25, 0.3) is 0 Å². The van der Waals surface area contributed by atoms with E-state index in [1.54, 1.807) is 0 Å². The van der Waals surface area contributed by atoms with E-state index in [0.29, 0.717) is 5.75 Å². The van der Waals surface area contributed by atoms with Gasteiger partial charge < -0.3 is 4.74 Å². The number of benzene rings is 1. The lowest BCUT2D eigenvalue weighted by molar-refractivity contribution is -0.138. The predicted octanol–water partition coefficient (Wildman–Crippen LogP) is 4.84. The molecule has 0 aliphatic carbocycles. The molecule has 0 radical (unpaired) electrons. The van der Waals surface area contributed by atoms with Crippen LogP contribution in [0, 0.1) is 16.6 Å². The van der Waals surface area contributed by atoms with Gasteiger partial charge in [0.15, 0.2) is 5.75 Å². The van der Waals surface area contributed by atoms with Crippen molar-refractivity contribution < 1.29 is 9.53 Å². The maximum atomic E-state index is 11.9. The van der Waals surface area contributed by atoms with Crippen molar-refractivity contribution in [2.75, 3.05) is 0 Å². The Balaban J connectivity index is 2.85. The summed E-state index contributed by atoms with van der Waals surface area (Å²) >= 11 is 6.66. The van der Waals surface area contributed by atoms with E-state index in [2.05, 4.69) is 74.7 Å². The molecule has 5 heteroatoms. The largest absolute Gasteiger partial charge is 0.424 e. The Bertz CT molecular complexity index is 395. The topological polar surface area (TPSA) is 26.3 Å². The van der Waals surface area contributed by atoms with Gasteiger partial charge in [0.2, 0.25) is 0 Å². The third kappa shape index (κ3) is 4.81. The summed E-state index contributed by atoms with van der Waals surface area (Å²) in [6.07, 6.45) is 1.87. The molecule has 0 spiro atoms. The van der Waals surface area contributed by atoms with E-state index in [9.17, 15) is 4.79 Å². The Hall–Kier alpha value is 0.880. The molecule has 0 aromatic heterocycles. The van der Waals surface area contributed by atoms with Crippen LogP contribution in [-0.2, 0) is 4.79 Å². The van der Waals surface area contributed by atoms with Crippen molar-refractivity contribution in [3.8, 4) is 5.75 Å². The standard InChI is InChI=1S/C12H13I3O2/c1-3-4-7(2)12(16)17-11-9(14)5-8(13)6-10(11)15/h5-7H,3-4H2,1-2H3. The second kappa shape index (κ2) is 7.46. The fourth-order valence-corrected chi connectivity index (χ4v) is 5.18. The summed E-state index contributed by atoms with van der Waals surface area (Å²) in [5.41, 5.74) is 0. The first kappa shape index (κ1) is 15.9. The van der Waals surface area contributed by atoms with Crippen molar-refractivity contribution in [1.29, 1.82) is 0 Å². The van der Waals surface area contributed by atoms with Gasteiger partial charge in [-0.05, 0) is 86.3 Å². The van der Waals surface area contributed by atoms with E-state index in [0.717, 1.165) is 23.6 Å². The fourth-order valence-electron chi connectivity index (χ4n) is 1.38. The molecule has 17 heavy (non-hydrogen) atoms. The molecule has 1 aromatic rings. The summed E-state index contributed by atoms with van der Waals surface area (Å²) in [7, 11) is 0. The number of hydrogen-bond donors (Lipinski definition) is 0. The molecule has 0 aliphatic rings. The Morgan fingerprint density at radius 2 is 1.82 bits per heavy atom. The highest BCUT2D eigenvalue weighted by Crippen LogP contribution is 2.30. The number of halogens is 3. The fraction of sp³-hybridized carbons (Fsp3) is 0.417. The average molecular weight is 570 g/mol. The van der Waals surface area contributed by atoms with E-state index in [1.165, 1.54) is 0 Å². The molecule has 0 fully saturated rings. The van der Waals surface area contributed by atoms with Gasteiger partial charge >= 0.3 is 5.97 Å². The van der Waals surface area contributed by atoms with Crippen LogP contribution in [0.15, 0.2) is 12.1 Å². The zero-order valence-corrected chi connectivity index (χ0v) is 16.1. The van der Waals surface area contributed by atoms with Gasteiger partial charge in [-0.15, -0.1) is 0 Å². The quantitative estimate of drug-likeness (QED) is 0.295. The van der Waals surface area contributed by atoms with Gasteiger partial charge in [0, 0.05) is 3.57 Å². The smallest absolute Gasteiger partial charge is 0.314 e. The number of hydrogen-bond acceptors (Lipinski definition) is 2. The number of esters is 1. The van der Waals surface area contributed by atoms with Gasteiger partial charge in [0.1, 0.15) is 0 Å². The Kier molecular flexibility index (Phi) is 7.00. The van der Waals surface area contributed by atoms with Crippen LogP contribution in [0.1, 0.15) is 26.7 Å². The minimum Gasteiger partial charge on any atom is -0.424 e. The normalized spacial score (nSPS) is 12.3. The maximum Gasteiger partial charge on any atom is 0.314 e. The number of carbonyl (C=O) groups is 1. The lowest BCUT2D eigenvalue weighted by Crippen LogP contribution is -2.18. The highest BCUT2D eigenvalue weighted by molar-refractivity contribution is 14.1. The molecule has 1 aromatic carbocycles. The summed E-state index contributed by atoms with van der Waals surface area (Å²) in [6, 6.07) is 4.02. The lowest BCUT2D eigenvalue weighted by atomic mass is 10.1. The molecule has 0 bridgehead atoms. The molecule has 94 valence electrons. The monoisotopic (exact) mass is 570 g/mol. The van der Waals surface area contributed by atoms with Crippen LogP contribution in [0.2, 0.25) is 0 Å². The first-order valence-corrected chi connectivity index (χ1v) is 8.55. The highest BCUT2D eigenvalue weighted by atomic mass is 127. The third-order valence-corrected chi connectivity index (χ3v) is 4.52. The first-order chi connectivity index (χ1) is 7.95. The zero-order chi connectivity index (χ0) is 13.0. The molecule has 1 rings (SSSR count). The zero-order valence-electron chi connectivity index (χ0n) is 9.60. The minimum atomic E-state index is -0.135. The molecule has 0 amide bonds. The third-order valence-electron chi connectivity index (χ3n) is 2.29. The van der Waals surface area contributed by atoms with Gasteiger partial charge in [-0.3, -0.25) is 4.79 Å². The van der Waals surface area contributed by atoms with Crippen molar-refractivity contribution in [2.24, 2.45) is 5.92 Å². The van der Waals surface area contributed by atoms with Crippen LogP contribution in [-0.4, -0.2) is 5.97 Å². The van der Waals surface area contributed by atoms with E-state index in [4.69, 9.17) is 4.74 Å². The molecule has 0 N–H and O–H groups in total. The van der Waals surface area contributed by atoms with Crippen LogP contribution in [0.25, 0.3) is 0 Å². The van der Waals surface area contributed by atoms with E-state index < -0.39 is 0 Å². The van der Waals surface area contributed by atoms with Crippen LogP contribution in [0.4, 0.5) is 0 Å². The van der Waals surface area contributed by atoms with Crippen molar-refractivity contribution >= 4 is 73.7 Å². The van der Waals surface area contributed by atoms with Gasteiger partial charge in [0.05, 0.1) is 13.1 Å². The number of carbonyl (C=O) groups excluding carboxylic acids is 1. The lowest BCUT2D eigenvalue weighted by Gasteiger charge is -2.13. The molecule has 0 heterocycles. The second-order valence-electron chi connectivity index (χ2n) is 3.81. The van der Waals surface area contributed by atoms with Crippen molar-refractivity contribution in [2.45, 2.75) is 26.7 Å². The van der Waals surface area contributed by atoms with Crippen molar-refractivity contribution in [1.82, 2.24) is 0 Å². The summed E-state index contributed by atoms with van der Waals surface area (Å²) in [6.45, 7) is 3.99. The van der Waals surface area contributed by atoms with E-state index >= 15 is 0 Å². The average Bonchev–Trinajstić information content (AvgIpc) is 2.23. The van der Waals surface area contributed by atoms with E-state index in [-0.39, 0.29) is 11.9 Å². The van der Waals surface area contributed by atoms with Crippen molar-refractivity contribution in [3.63, 3.8) is 0 Å². The molecule has 1 unspecified atom stereocenters. The van der Waals surface area contributed by atoms with Gasteiger partial charge in [-0.2, -0.15) is 0 Å². The Labute approximate surface area is 143 Å². The second-order valence-corrected chi connectivity index (χ2v) is 7.38. The Morgan fingerprint density at radius 1 is 1.29 bits per heavy atom. The van der Waals surface area contributed by atoms with Crippen LogP contribution < -0.4 is 4.74 Å². The maximum absolute atomic E-state index is 11.9. The molecular weight excluding hydrogens is 557 g/mol. The molecule has 0 saturated carbocycles. The van der Waals surface area contributed by atoms with Crippen molar-refractivity contribution in [3.05, 3.63) is 22.8 Å². The molecule has 1 atom stereocenters. The van der Waals surface area contributed by atoms with E-state index in [1.807, 2.05) is 19.1 Å². The van der Waals surface area contributed by atoms with Gasteiger partial charge in [-0.25, -0.2) is 0 Å². The summed E-state index contributed by atoms with van der Waals surface area (Å²) in [5.74, 6) is 0.523. The summed E-state index contributed by atoms with van der Waals surface area (Å²) in [4.78, 5) is 11.9. The van der Waals surface area contributed by atoms with Crippen LogP contribution in [0.5, 0.6) is 5.75 Å². The molecule has 2 nitrogen and oxygen atoms in total. The SMILES string of the molecule is CCCC(C)C(=O)Oc1c(I)cc(I)cc1I. The van der Waals surface area contributed by atoms with Crippen LogP contribution in [0.3, 0.4) is 0 Å².